The van der Waals surface area contributed by atoms with Crippen LogP contribution in [0.4, 0.5) is 5.69 Å². The number of nitrogens with two attached hydrogens (primary N) is 1. The van der Waals surface area contributed by atoms with Crippen molar-refractivity contribution >= 4 is 5.69 Å². The van der Waals surface area contributed by atoms with Gasteiger partial charge in [-0.05, 0) is 31.9 Å². The van der Waals surface area contributed by atoms with Crippen molar-refractivity contribution in [2.24, 2.45) is 5.73 Å². The van der Waals surface area contributed by atoms with E-state index in [-0.39, 0.29) is 0 Å². The lowest BCUT2D eigenvalue weighted by Crippen LogP contribution is -2.44. The Kier molecular flexibility index (Phi) is 2.76. The molecule has 0 aliphatic heterocycles. The maximum atomic E-state index is 5.76. The molecule has 0 atom stereocenters. The third kappa shape index (κ3) is 2.09. The van der Waals surface area contributed by atoms with Gasteiger partial charge < -0.3 is 11.1 Å². The number of aromatic nitrogens is 3. The Labute approximate surface area is 106 Å². The Morgan fingerprint density at radius 1 is 1.33 bits per heavy atom. The third-order valence-electron chi connectivity index (χ3n) is 3.37. The van der Waals surface area contributed by atoms with Gasteiger partial charge in [-0.1, -0.05) is 0 Å². The van der Waals surface area contributed by atoms with E-state index in [1.54, 1.807) is 6.20 Å². The third-order valence-corrected chi connectivity index (χ3v) is 3.37. The average molecular weight is 243 g/mol. The molecule has 0 amide bonds. The van der Waals surface area contributed by atoms with Gasteiger partial charge in [-0.2, -0.15) is 0 Å². The molecule has 2 aromatic heterocycles. The lowest BCUT2D eigenvalue weighted by atomic mass is 9.87. The minimum absolute atomic E-state index is 0.364. The topological polar surface area (TPSA) is 68.8 Å². The number of nitrogens with one attached hydrogen (secondary N) is 1. The first-order valence-electron chi connectivity index (χ1n) is 6.21. The van der Waals surface area contributed by atoms with E-state index < -0.39 is 0 Å². The van der Waals surface area contributed by atoms with Gasteiger partial charge in [0.1, 0.15) is 11.6 Å². The van der Waals surface area contributed by atoms with Gasteiger partial charge in [0.15, 0.2) is 0 Å². The van der Waals surface area contributed by atoms with Crippen LogP contribution in [0, 0.1) is 6.92 Å². The number of hydrogen-bond acceptors (Lipinski definition) is 4. The lowest BCUT2D eigenvalue weighted by Gasteiger charge is -2.33. The van der Waals surface area contributed by atoms with Crippen molar-refractivity contribution in [3.63, 3.8) is 0 Å². The molecule has 1 fully saturated rings. The van der Waals surface area contributed by atoms with Crippen molar-refractivity contribution in [1.82, 2.24) is 14.5 Å². The molecule has 0 saturated heterocycles. The molecular formula is C13H17N5. The molecule has 1 aliphatic rings. The summed E-state index contributed by atoms with van der Waals surface area (Å²) in [4.78, 5) is 8.63. The SMILES string of the molecule is Cc1nccn1-c1ccc(NC2CC(N)C2)cn1. The highest BCUT2D eigenvalue weighted by Gasteiger charge is 2.25. The van der Waals surface area contributed by atoms with Gasteiger partial charge >= 0.3 is 0 Å². The van der Waals surface area contributed by atoms with E-state index in [0.717, 1.165) is 30.2 Å². The maximum absolute atomic E-state index is 5.76. The molecule has 1 aliphatic carbocycles. The first-order valence-corrected chi connectivity index (χ1v) is 6.21. The largest absolute Gasteiger partial charge is 0.381 e. The highest BCUT2D eigenvalue weighted by atomic mass is 15.1. The predicted molar refractivity (Wildman–Crippen MR) is 70.7 cm³/mol. The quantitative estimate of drug-likeness (QED) is 0.856. The zero-order valence-corrected chi connectivity index (χ0v) is 10.4. The smallest absolute Gasteiger partial charge is 0.138 e. The molecule has 94 valence electrons. The number of imidazole rings is 1. The standard InChI is InChI=1S/C13H17N5/c1-9-15-4-5-18(9)13-3-2-11(8-16-13)17-12-6-10(14)7-12/h2-5,8,10,12,17H,6-7,14H2,1H3. The summed E-state index contributed by atoms with van der Waals surface area (Å²) < 4.78 is 1.96. The summed E-state index contributed by atoms with van der Waals surface area (Å²) in [6.45, 7) is 1.96. The summed E-state index contributed by atoms with van der Waals surface area (Å²) in [6.07, 6.45) is 7.64. The summed E-state index contributed by atoms with van der Waals surface area (Å²) in [5.74, 6) is 1.83. The second-order valence-electron chi connectivity index (χ2n) is 4.82. The van der Waals surface area contributed by atoms with E-state index in [0.29, 0.717) is 12.1 Å². The number of hydrogen-bond donors (Lipinski definition) is 2. The molecule has 3 rings (SSSR count). The zero-order valence-electron chi connectivity index (χ0n) is 10.4. The van der Waals surface area contributed by atoms with E-state index in [1.807, 2.05) is 36.0 Å². The van der Waals surface area contributed by atoms with Gasteiger partial charge in [0, 0.05) is 24.5 Å². The van der Waals surface area contributed by atoms with E-state index in [2.05, 4.69) is 15.3 Å². The van der Waals surface area contributed by atoms with E-state index in [9.17, 15) is 0 Å². The minimum Gasteiger partial charge on any atom is -0.381 e. The molecule has 0 aromatic carbocycles. The molecule has 18 heavy (non-hydrogen) atoms. The molecule has 3 N–H and O–H groups in total. The van der Waals surface area contributed by atoms with Crippen LogP contribution in [0.3, 0.4) is 0 Å². The van der Waals surface area contributed by atoms with Crippen molar-refractivity contribution in [2.45, 2.75) is 31.8 Å². The molecule has 0 radical (unpaired) electrons. The second-order valence-corrected chi connectivity index (χ2v) is 4.82. The van der Waals surface area contributed by atoms with Crippen molar-refractivity contribution in [2.75, 3.05) is 5.32 Å². The van der Waals surface area contributed by atoms with Crippen LogP contribution in [0.2, 0.25) is 0 Å². The zero-order chi connectivity index (χ0) is 12.5. The monoisotopic (exact) mass is 243 g/mol. The Morgan fingerprint density at radius 2 is 2.17 bits per heavy atom. The van der Waals surface area contributed by atoms with Gasteiger partial charge in [-0.25, -0.2) is 9.97 Å². The molecule has 5 heteroatoms. The Bertz CT molecular complexity index is 525. The summed E-state index contributed by atoms with van der Waals surface area (Å²) in [6, 6.07) is 4.91. The van der Waals surface area contributed by atoms with Gasteiger partial charge in [0.2, 0.25) is 0 Å². The van der Waals surface area contributed by atoms with Gasteiger partial charge in [-0.3, -0.25) is 4.57 Å². The molecular weight excluding hydrogens is 226 g/mol. The van der Waals surface area contributed by atoms with Crippen molar-refractivity contribution < 1.29 is 0 Å². The van der Waals surface area contributed by atoms with E-state index >= 15 is 0 Å². The average Bonchev–Trinajstić information content (AvgIpc) is 2.75. The Hall–Kier alpha value is -1.88. The normalized spacial score (nSPS) is 22.6. The number of pyridine rings is 1. The van der Waals surface area contributed by atoms with Crippen LogP contribution in [0.25, 0.3) is 5.82 Å². The van der Waals surface area contributed by atoms with Gasteiger partial charge in [-0.15, -0.1) is 0 Å². The summed E-state index contributed by atoms with van der Waals surface area (Å²) in [5.41, 5.74) is 6.81. The van der Waals surface area contributed by atoms with Crippen LogP contribution >= 0.6 is 0 Å². The molecule has 5 nitrogen and oxygen atoms in total. The summed E-state index contributed by atoms with van der Waals surface area (Å²) in [5, 5.41) is 3.43. The van der Waals surface area contributed by atoms with Gasteiger partial charge in [0.05, 0.1) is 11.9 Å². The molecule has 0 spiro atoms. The van der Waals surface area contributed by atoms with Crippen LogP contribution in [0.1, 0.15) is 18.7 Å². The Balaban J connectivity index is 1.71. The number of rotatable bonds is 3. The summed E-state index contributed by atoms with van der Waals surface area (Å²) >= 11 is 0. The van der Waals surface area contributed by atoms with E-state index in [1.165, 1.54) is 0 Å². The molecule has 1 saturated carbocycles. The maximum Gasteiger partial charge on any atom is 0.138 e. The first-order chi connectivity index (χ1) is 8.72. The van der Waals surface area contributed by atoms with Crippen LogP contribution in [-0.4, -0.2) is 26.6 Å². The summed E-state index contributed by atoms with van der Waals surface area (Å²) in [7, 11) is 0. The van der Waals surface area contributed by atoms with Crippen molar-refractivity contribution in [3.8, 4) is 5.82 Å². The van der Waals surface area contributed by atoms with Crippen molar-refractivity contribution in [1.29, 1.82) is 0 Å². The fourth-order valence-electron chi connectivity index (χ4n) is 2.25. The minimum atomic E-state index is 0.364. The highest BCUT2D eigenvalue weighted by Crippen LogP contribution is 2.22. The fourth-order valence-corrected chi connectivity index (χ4v) is 2.25. The first kappa shape index (κ1) is 11.2. The fraction of sp³-hybridized carbons (Fsp3) is 0.385. The highest BCUT2D eigenvalue weighted by molar-refractivity contribution is 5.45. The number of anilines is 1. The number of aryl methyl sites for hydroxylation is 1. The molecule has 2 heterocycles. The predicted octanol–water partition coefficient (Wildman–Crippen LogP) is 1.48. The van der Waals surface area contributed by atoms with Crippen LogP contribution in [-0.2, 0) is 0 Å². The molecule has 0 unspecified atom stereocenters. The second kappa shape index (κ2) is 4.42. The van der Waals surface area contributed by atoms with Crippen molar-refractivity contribution in [3.05, 3.63) is 36.5 Å². The number of nitrogens with zero attached hydrogens (tertiary/aromatic N) is 3. The van der Waals surface area contributed by atoms with E-state index in [4.69, 9.17) is 5.73 Å². The molecule has 2 aromatic rings. The molecule has 0 bridgehead atoms. The van der Waals surface area contributed by atoms with Gasteiger partial charge in [0.25, 0.3) is 0 Å². The Morgan fingerprint density at radius 3 is 2.72 bits per heavy atom. The lowest BCUT2D eigenvalue weighted by molar-refractivity contribution is 0.373. The van der Waals surface area contributed by atoms with Crippen LogP contribution < -0.4 is 11.1 Å². The van der Waals surface area contributed by atoms with Crippen LogP contribution in [0.5, 0.6) is 0 Å². The van der Waals surface area contributed by atoms with Crippen LogP contribution in [0.15, 0.2) is 30.7 Å².